The first-order valence-electron chi connectivity index (χ1n) is 23.7. The smallest absolute Gasteiger partial charge is 0.0818 e. The molecular weight excluding hydrogens is 733 g/mol. The molecule has 10 fully saturated rings. The first kappa shape index (κ1) is 39.3. The molecule has 0 saturated heterocycles. The molecule has 0 spiro atoms. The van der Waals surface area contributed by atoms with E-state index in [9.17, 15) is 0 Å². The molecular formula is C51H72N4S2. The third-order valence-corrected chi connectivity index (χ3v) is 20.3. The minimum Gasteiger partial charge on any atom is -0.376 e. The predicted octanol–water partition coefficient (Wildman–Crippen LogP) is 10.5. The Hall–Kier alpha value is -1.86. The number of thiocarbonyl (C=S) groups is 2. The Kier molecular flexibility index (Phi) is 10.3. The second-order valence-electron chi connectivity index (χ2n) is 22.2. The van der Waals surface area contributed by atoms with E-state index in [2.05, 4.69) is 79.1 Å². The van der Waals surface area contributed by atoms with Crippen LogP contribution in [0.2, 0.25) is 0 Å². The predicted molar refractivity (Wildman–Crippen MR) is 243 cm³/mol. The molecule has 5 unspecified atom stereocenters. The molecule has 0 aromatic heterocycles. The van der Waals surface area contributed by atoms with Gasteiger partial charge in [-0.2, -0.15) is 0 Å². The van der Waals surface area contributed by atoms with Crippen LogP contribution < -0.4 is 22.1 Å². The molecule has 308 valence electrons. The minimum atomic E-state index is 0.132. The molecule has 4 nitrogen and oxygen atoms in total. The zero-order valence-corrected chi connectivity index (χ0v) is 36.8. The summed E-state index contributed by atoms with van der Waals surface area (Å²) >= 11 is 13.0. The molecule has 10 saturated carbocycles. The van der Waals surface area contributed by atoms with Gasteiger partial charge in [0, 0.05) is 22.9 Å². The quantitative estimate of drug-likeness (QED) is 0.179. The fraction of sp³-hybridized carbons (Fsp3) is 0.725. The molecule has 0 heterocycles. The number of nitrogens with two attached hydrogens (primary N) is 2. The highest BCUT2D eigenvalue weighted by Gasteiger charge is 2.64. The lowest BCUT2D eigenvalue weighted by Gasteiger charge is -2.66. The molecule has 57 heavy (non-hydrogen) atoms. The first-order chi connectivity index (χ1) is 27.6. The Morgan fingerprint density at radius 1 is 0.596 bits per heavy atom. The molecule has 0 amide bonds. The summed E-state index contributed by atoms with van der Waals surface area (Å²) in [7, 11) is 0. The Labute approximate surface area is 355 Å². The average molecular weight is 805 g/mol. The van der Waals surface area contributed by atoms with Crippen molar-refractivity contribution in [2.24, 2.45) is 69.6 Å². The number of nitrogens with one attached hydrogen (secondary N) is 2. The second-order valence-corrected chi connectivity index (χ2v) is 23.0. The lowest BCUT2D eigenvalue weighted by atomic mass is 9.39. The van der Waals surface area contributed by atoms with Gasteiger partial charge in [-0.3, -0.25) is 0 Å². The number of benzene rings is 2. The molecule has 10 aliphatic carbocycles. The normalized spacial score (nSPS) is 44.8. The van der Waals surface area contributed by atoms with Crippen molar-refractivity contribution in [3.05, 3.63) is 71.3 Å². The van der Waals surface area contributed by atoms with Crippen molar-refractivity contribution in [2.75, 3.05) is 13.1 Å². The summed E-state index contributed by atoms with van der Waals surface area (Å²) in [6.07, 6.45) is 22.8. The van der Waals surface area contributed by atoms with Crippen molar-refractivity contribution in [2.45, 2.75) is 158 Å². The lowest BCUT2D eigenvalue weighted by Crippen LogP contribution is -2.62. The van der Waals surface area contributed by atoms with Crippen LogP contribution in [0.25, 0.3) is 0 Å². The fourth-order valence-corrected chi connectivity index (χ4v) is 17.3. The molecule has 12 rings (SSSR count). The van der Waals surface area contributed by atoms with Crippen molar-refractivity contribution < 1.29 is 0 Å². The van der Waals surface area contributed by atoms with E-state index in [0.717, 1.165) is 36.8 Å². The molecule has 6 heteroatoms. The van der Waals surface area contributed by atoms with E-state index >= 15 is 0 Å². The molecule has 0 radical (unpaired) electrons. The monoisotopic (exact) mass is 805 g/mol. The topological polar surface area (TPSA) is 76.1 Å². The minimum absolute atomic E-state index is 0.132. The third kappa shape index (κ3) is 6.71. The van der Waals surface area contributed by atoms with Gasteiger partial charge in [0.05, 0.1) is 9.98 Å². The zero-order valence-electron chi connectivity index (χ0n) is 35.2. The van der Waals surface area contributed by atoms with Crippen molar-refractivity contribution in [1.82, 2.24) is 10.6 Å². The van der Waals surface area contributed by atoms with Crippen molar-refractivity contribution in [3.63, 3.8) is 0 Å². The Morgan fingerprint density at radius 2 is 1.02 bits per heavy atom. The van der Waals surface area contributed by atoms with Crippen LogP contribution in [-0.4, -0.2) is 35.2 Å². The van der Waals surface area contributed by atoms with Crippen LogP contribution in [-0.2, 0) is 10.8 Å². The highest BCUT2D eigenvalue weighted by atomic mass is 32.1. The number of rotatable bonds is 10. The van der Waals surface area contributed by atoms with Crippen LogP contribution in [0, 0.1) is 58.2 Å². The standard InChI is InChI=1S/C51H72N4S2/c1-32-37-20-48(21-38(32)23-50(22-37,30-48)46(56)54-43-16-8-34(28-52)9-17-43)42-14-12-36(13-15-42)33(2)45-39-24-49(41-6-4-3-5-7-41)25-40(45)27-51(26-39,31-49)47(57)55-44-18-10-35(29-53)11-19-44/h3-7,12-15,32-35,37-40,43-45H,8-11,16-31,52-53H2,1-2H3,(H,54,56)(H,55,57). The van der Waals surface area contributed by atoms with Crippen molar-refractivity contribution >= 4 is 34.4 Å². The van der Waals surface area contributed by atoms with E-state index in [1.54, 1.807) is 16.7 Å². The summed E-state index contributed by atoms with van der Waals surface area (Å²) in [4.78, 5) is 2.43. The third-order valence-electron chi connectivity index (χ3n) is 19.2. The molecule has 0 aliphatic heterocycles. The van der Waals surface area contributed by atoms with Crippen LogP contribution in [0.5, 0.6) is 0 Å². The van der Waals surface area contributed by atoms with Crippen molar-refractivity contribution in [3.8, 4) is 0 Å². The van der Waals surface area contributed by atoms with E-state index in [1.165, 1.54) is 126 Å². The molecule has 6 N–H and O–H groups in total. The van der Waals surface area contributed by atoms with Gasteiger partial charge in [-0.05, 0) is 209 Å². The number of hydrogen-bond acceptors (Lipinski definition) is 4. The summed E-state index contributed by atoms with van der Waals surface area (Å²) < 4.78 is 0. The molecule has 2 aromatic carbocycles. The van der Waals surface area contributed by atoms with Crippen LogP contribution in [0.1, 0.15) is 152 Å². The first-order valence-corrected chi connectivity index (χ1v) is 24.6. The maximum Gasteiger partial charge on any atom is 0.0818 e. The van der Waals surface area contributed by atoms with E-state index < -0.39 is 0 Å². The largest absolute Gasteiger partial charge is 0.376 e. The number of hydrogen-bond donors (Lipinski definition) is 4. The maximum atomic E-state index is 6.53. The van der Waals surface area contributed by atoms with Crippen LogP contribution in [0.3, 0.4) is 0 Å². The van der Waals surface area contributed by atoms with Gasteiger partial charge in [-0.25, -0.2) is 0 Å². The summed E-state index contributed by atoms with van der Waals surface area (Å²) in [6, 6.07) is 23.1. The fourth-order valence-electron chi connectivity index (χ4n) is 16.5. The summed E-state index contributed by atoms with van der Waals surface area (Å²) in [5.41, 5.74) is 17.7. The molecule has 8 bridgehead atoms. The van der Waals surface area contributed by atoms with Gasteiger partial charge < -0.3 is 22.1 Å². The zero-order chi connectivity index (χ0) is 39.2. The van der Waals surface area contributed by atoms with Gasteiger partial charge in [0.15, 0.2) is 0 Å². The van der Waals surface area contributed by atoms with Crippen LogP contribution >= 0.6 is 24.4 Å². The highest BCUT2D eigenvalue weighted by Crippen LogP contribution is 2.70. The van der Waals surface area contributed by atoms with E-state index in [-0.39, 0.29) is 21.7 Å². The van der Waals surface area contributed by atoms with Crippen LogP contribution in [0.15, 0.2) is 54.6 Å². The average Bonchev–Trinajstić information content (AvgIpc) is 3.23. The maximum absolute atomic E-state index is 6.53. The van der Waals surface area contributed by atoms with E-state index in [4.69, 9.17) is 35.9 Å². The second kappa shape index (κ2) is 14.9. The Bertz CT molecular complexity index is 1760. The molecule has 5 atom stereocenters. The Morgan fingerprint density at radius 3 is 1.47 bits per heavy atom. The van der Waals surface area contributed by atoms with Crippen molar-refractivity contribution in [1.29, 1.82) is 0 Å². The molecule has 10 aliphatic rings. The van der Waals surface area contributed by atoms with Gasteiger partial charge in [0.2, 0.25) is 0 Å². The SMILES string of the molecule is CC(c1ccc(C23CC4CC(C(=S)NC5CCC(CN)CC5)(CC(C2)C4C)C3)cc1)C1C2CC3(C(=S)NC4CCC(CN)CC4)CC1CC(c1ccccc1)(C2)C3. The summed E-state index contributed by atoms with van der Waals surface area (Å²) in [5.74, 6) is 6.48. The Balaban J connectivity index is 0.875. The van der Waals surface area contributed by atoms with Crippen LogP contribution in [0.4, 0.5) is 0 Å². The van der Waals surface area contributed by atoms with E-state index in [1.807, 2.05) is 0 Å². The summed E-state index contributed by atoms with van der Waals surface area (Å²) in [5, 5.41) is 8.05. The summed E-state index contributed by atoms with van der Waals surface area (Å²) in [6.45, 7) is 6.82. The van der Waals surface area contributed by atoms with Gasteiger partial charge in [0.25, 0.3) is 0 Å². The van der Waals surface area contributed by atoms with Gasteiger partial charge in [-0.15, -0.1) is 0 Å². The highest BCUT2D eigenvalue weighted by molar-refractivity contribution is 7.80. The van der Waals surface area contributed by atoms with E-state index in [0.29, 0.717) is 41.7 Å². The van der Waals surface area contributed by atoms with Gasteiger partial charge >= 0.3 is 0 Å². The lowest BCUT2D eigenvalue weighted by molar-refractivity contribution is -0.0886. The molecule has 2 aromatic rings. The van der Waals surface area contributed by atoms with Gasteiger partial charge in [-0.1, -0.05) is 92.9 Å². The van der Waals surface area contributed by atoms with Gasteiger partial charge in [0.1, 0.15) is 0 Å².